The molecule has 1 aliphatic rings. The lowest BCUT2D eigenvalue weighted by atomic mass is 9.82. The predicted molar refractivity (Wildman–Crippen MR) is 123 cm³/mol. The van der Waals surface area contributed by atoms with Crippen LogP contribution in [0, 0.1) is 0 Å². The molecule has 0 atom stereocenters. The third-order valence-electron chi connectivity index (χ3n) is 6.51. The molecule has 0 bridgehead atoms. The van der Waals surface area contributed by atoms with E-state index in [2.05, 4.69) is 97.3 Å². The number of rotatable bonds is 1. The quantitative estimate of drug-likeness (QED) is 0.326. The van der Waals surface area contributed by atoms with Crippen molar-refractivity contribution in [2.75, 3.05) is 5.73 Å². The van der Waals surface area contributed by atoms with Crippen LogP contribution in [0.4, 0.5) is 5.69 Å². The first-order valence-corrected chi connectivity index (χ1v) is 10.1. The number of nitrogen functional groups attached to an aromatic ring is 1. The van der Waals surface area contributed by atoms with Crippen LogP contribution in [0.5, 0.6) is 0 Å². The maximum atomic E-state index is 6.19. The van der Waals surface area contributed by atoms with Crippen LogP contribution in [0.15, 0.2) is 84.9 Å². The Morgan fingerprint density at radius 3 is 2.21 bits per heavy atom. The molecule has 1 aromatic heterocycles. The summed E-state index contributed by atoms with van der Waals surface area (Å²) in [5.74, 6) is 0. The summed E-state index contributed by atoms with van der Waals surface area (Å²) in [4.78, 5) is 0. The lowest BCUT2D eigenvalue weighted by Crippen LogP contribution is -2.14. The van der Waals surface area contributed by atoms with E-state index in [1.54, 1.807) is 0 Å². The van der Waals surface area contributed by atoms with Crippen molar-refractivity contribution in [2.24, 2.45) is 0 Å². The smallest absolute Gasteiger partial charge is 0.0547 e. The Balaban J connectivity index is 1.80. The highest BCUT2D eigenvalue weighted by Crippen LogP contribution is 2.50. The molecule has 0 unspecified atom stereocenters. The van der Waals surface area contributed by atoms with Crippen molar-refractivity contribution in [3.8, 4) is 16.8 Å². The maximum absolute atomic E-state index is 6.19. The molecule has 2 N–H and O–H groups in total. The van der Waals surface area contributed by atoms with Crippen LogP contribution in [0.3, 0.4) is 0 Å². The van der Waals surface area contributed by atoms with Gasteiger partial charge in [0.2, 0.25) is 0 Å². The van der Waals surface area contributed by atoms with Gasteiger partial charge in [-0.3, -0.25) is 0 Å². The largest absolute Gasteiger partial charge is 0.399 e. The molecule has 4 aromatic carbocycles. The van der Waals surface area contributed by atoms with Gasteiger partial charge in [0.25, 0.3) is 0 Å². The van der Waals surface area contributed by atoms with Gasteiger partial charge in [-0.25, -0.2) is 0 Å². The first kappa shape index (κ1) is 16.4. The van der Waals surface area contributed by atoms with Gasteiger partial charge in [-0.1, -0.05) is 56.3 Å². The number of hydrogen-bond acceptors (Lipinski definition) is 1. The molecule has 1 heterocycles. The molecule has 0 saturated heterocycles. The number of aromatic nitrogens is 1. The van der Waals surface area contributed by atoms with Crippen molar-refractivity contribution in [1.29, 1.82) is 0 Å². The van der Waals surface area contributed by atoms with E-state index in [1.165, 1.54) is 49.7 Å². The number of nitrogens with zero attached hydrogens (tertiary/aromatic N) is 1. The van der Waals surface area contributed by atoms with Gasteiger partial charge in [-0.2, -0.15) is 0 Å². The summed E-state index contributed by atoms with van der Waals surface area (Å²) >= 11 is 0. The average molecular weight is 374 g/mol. The topological polar surface area (TPSA) is 30.9 Å². The lowest BCUT2D eigenvalue weighted by molar-refractivity contribution is 0.661. The lowest BCUT2D eigenvalue weighted by Gasteiger charge is -2.21. The Labute approximate surface area is 170 Å². The van der Waals surface area contributed by atoms with Crippen LogP contribution >= 0.6 is 0 Å². The molecule has 0 amide bonds. The minimum Gasteiger partial charge on any atom is -0.399 e. The third-order valence-corrected chi connectivity index (χ3v) is 6.51. The molecule has 5 aromatic rings. The van der Waals surface area contributed by atoms with Crippen LogP contribution in [-0.2, 0) is 5.41 Å². The Bertz CT molecular complexity index is 1420. The van der Waals surface area contributed by atoms with Gasteiger partial charge >= 0.3 is 0 Å². The van der Waals surface area contributed by atoms with Gasteiger partial charge in [0.05, 0.1) is 11.0 Å². The zero-order valence-electron chi connectivity index (χ0n) is 16.6. The highest BCUT2D eigenvalue weighted by Gasteiger charge is 2.36. The van der Waals surface area contributed by atoms with E-state index in [-0.39, 0.29) is 5.41 Å². The molecule has 1 aliphatic carbocycles. The second-order valence-electron chi connectivity index (χ2n) is 8.53. The predicted octanol–water partition coefficient (Wildman–Crippen LogP) is 6.67. The van der Waals surface area contributed by atoms with Gasteiger partial charge in [0.15, 0.2) is 0 Å². The summed E-state index contributed by atoms with van der Waals surface area (Å²) in [7, 11) is 0. The monoisotopic (exact) mass is 374 g/mol. The fourth-order valence-corrected chi connectivity index (χ4v) is 5.09. The van der Waals surface area contributed by atoms with Crippen molar-refractivity contribution in [2.45, 2.75) is 19.3 Å². The van der Waals surface area contributed by atoms with Crippen LogP contribution < -0.4 is 5.73 Å². The fraction of sp³-hybridized carbons (Fsp3) is 0.111. The van der Waals surface area contributed by atoms with Gasteiger partial charge in [-0.15, -0.1) is 0 Å². The van der Waals surface area contributed by atoms with Gasteiger partial charge in [0.1, 0.15) is 0 Å². The van der Waals surface area contributed by atoms with Crippen molar-refractivity contribution < 1.29 is 0 Å². The molecule has 29 heavy (non-hydrogen) atoms. The Hall–Kier alpha value is -3.52. The number of hydrogen-bond donors (Lipinski definition) is 1. The molecule has 0 radical (unpaired) electrons. The van der Waals surface area contributed by atoms with Crippen molar-refractivity contribution in [1.82, 2.24) is 4.57 Å². The normalized spacial score (nSPS) is 14.3. The third kappa shape index (κ3) is 2.11. The van der Waals surface area contributed by atoms with Crippen LogP contribution in [0.25, 0.3) is 38.6 Å². The second kappa shape index (κ2) is 5.51. The number of nitrogens with two attached hydrogens (primary N) is 1. The summed E-state index contributed by atoms with van der Waals surface area (Å²) < 4.78 is 2.36. The molecule has 2 heteroatoms. The molecule has 0 spiro atoms. The van der Waals surface area contributed by atoms with E-state index in [0.29, 0.717) is 0 Å². The van der Waals surface area contributed by atoms with E-state index < -0.39 is 0 Å². The van der Waals surface area contributed by atoms with Crippen LogP contribution in [0.2, 0.25) is 0 Å². The van der Waals surface area contributed by atoms with E-state index in [1.807, 2.05) is 6.07 Å². The van der Waals surface area contributed by atoms with E-state index in [0.717, 1.165) is 5.69 Å². The van der Waals surface area contributed by atoms with E-state index in [9.17, 15) is 0 Å². The minimum atomic E-state index is -0.0123. The summed E-state index contributed by atoms with van der Waals surface area (Å²) in [6.07, 6.45) is 0. The second-order valence-corrected chi connectivity index (χ2v) is 8.53. The molecule has 140 valence electrons. The van der Waals surface area contributed by atoms with Gasteiger partial charge in [-0.05, 0) is 64.7 Å². The number of anilines is 1. The van der Waals surface area contributed by atoms with Crippen LogP contribution in [-0.4, -0.2) is 4.57 Å². The summed E-state index contributed by atoms with van der Waals surface area (Å²) in [5, 5.41) is 2.47. The molecule has 6 rings (SSSR count). The number of fused-ring (bicyclic) bond motifs is 6. The average Bonchev–Trinajstić information content (AvgIpc) is 3.17. The first-order valence-electron chi connectivity index (χ1n) is 10.1. The maximum Gasteiger partial charge on any atom is 0.0547 e. The van der Waals surface area contributed by atoms with Gasteiger partial charge < -0.3 is 10.3 Å². The molecule has 0 aliphatic heterocycles. The summed E-state index contributed by atoms with van der Waals surface area (Å²) in [6, 6.07) is 30.4. The molecule has 2 nitrogen and oxygen atoms in total. The molecule has 0 fully saturated rings. The number of para-hydroxylation sites is 1. The summed E-state index contributed by atoms with van der Waals surface area (Å²) in [6.45, 7) is 4.66. The fourth-order valence-electron chi connectivity index (χ4n) is 5.09. The van der Waals surface area contributed by atoms with E-state index >= 15 is 0 Å². The van der Waals surface area contributed by atoms with E-state index in [4.69, 9.17) is 5.73 Å². The molecular formula is C27H22N2. The standard InChI is InChI=1S/C27H22N2/c1-27(2)23-11-7-6-10-19(23)20-16-26-22(15-24(20)27)21-14-17(28)12-13-25(21)29(26)18-8-4-3-5-9-18/h3-16H,28H2,1-2H3. The Morgan fingerprint density at radius 2 is 1.38 bits per heavy atom. The van der Waals surface area contributed by atoms with Gasteiger partial charge in [0, 0.05) is 27.6 Å². The van der Waals surface area contributed by atoms with Crippen molar-refractivity contribution in [3.05, 3.63) is 96.1 Å². The Kier molecular flexibility index (Phi) is 3.12. The van der Waals surface area contributed by atoms with Crippen molar-refractivity contribution in [3.63, 3.8) is 0 Å². The van der Waals surface area contributed by atoms with Crippen LogP contribution in [0.1, 0.15) is 25.0 Å². The summed E-state index contributed by atoms with van der Waals surface area (Å²) in [5.41, 5.74) is 16.0. The zero-order chi connectivity index (χ0) is 19.8. The van der Waals surface area contributed by atoms with Crippen molar-refractivity contribution >= 4 is 27.5 Å². The molecular weight excluding hydrogens is 352 g/mol. The SMILES string of the molecule is CC1(C)c2ccccc2-c2cc3c(cc21)c1cc(N)ccc1n3-c1ccccc1. The highest BCUT2D eigenvalue weighted by atomic mass is 15.0. The zero-order valence-corrected chi connectivity index (χ0v) is 16.6. The number of benzene rings is 4. The first-order chi connectivity index (χ1) is 14.1. The molecule has 0 saturated carbocycles. The Morgan fingerprint density at radius 1 is 0.655 bits per heavy atom. The highest BCUT2D eigenvalue weighted by molar-refractivity contribution is 6.12. The minimum absolute atomic E-state index is 0.0123.